The number of fused-ring (bicyclic) bond motifs is 1. The maximum Gasteiger partial charge on any atom is 0.209 e. The minimum absolute atomic E-state index is 0.0716. The molecule has 36 heavy (non-hydrogen) atoms. The van der Waals surface area contributed by atoms with Crippen molar-refractivity contribution in [2.45, 2.75) is 6.54 Å². The normalized spacial score (nSPS) is 13.5. The number of carbonyl (C=O) groups is 1. The van der Waals surface area contributed by atoms with Crippen molar-refractivity contribution in [2.75, 3.05) is 45.2 Å². The number of para-hydroxylation sites is 1. The molecule has 3 heterocycles. The quantitative estimate of drug-likeness (QED) is 0.420. The fourth-order valence-corrected chi connectivity index (χ4v) is 4.23. The molecule has 0 spiro atoms. The van der Waals surface area contributed by atoms with E-state index in [2.05, 4.69) is 62.2 Å². The number of pyridine rings is 1. The Kier molecular flexibility index (Phi) is 7.83. The molecule has 8 nitrogen and oxygen atoms in total. The summed E-state index contributed by atoms with van der Waals surface area (Å²) in [5.74, 6) is 0.0716. The van der Waals surface area contributed by atoms with Crippen LogP contribution in [0.15, 0.2) is 66.9 Å². The number of carbonyl (C=O) groups excluding carboxylic acids is 1. The van der Waals surface area contributed by atoms with Crippen LogP contribution in [0.5, 0.6) is 5.88 Å². The Morgan fingerprint density at radius 1 is 1.08 bits per heavy atom. The molecule has 1 fully saturated rings. The Hall–Kier alpha value is -4.35. The number of hydrogen-bond donors (Lipinski definition) is 2. The Balaban J connectivity index is 0.000000556. The molecular formula is C28H30N6O2. The van der Waals surface area contributed by atoms with Gasteiger partial charge in [-0.1, -0.05) is 24.3 Å². The number of nitriles is 1. The van der Waals surface area contributed by atoms with Gasteiger partial charge in [0.1, 0.15) is 0 Å². The van der Waals surface area contributed by atoms with E-state index in [1.807, 2.05) is 12.3 Å². The lowest BCUT2D eigenvalue weighted by Gasteiger charge is -2.36. The number of aromatic hydroxyl groups is 1. The van der Waals surface area contributed by atoms with Crippen LogP contribution in [0.4, 0.5) is 5.69 Å². The second-order valence-corrected chi connectivity index (χ2v) is 8.94. The van der Waals surface area contributed by atoms with Crippen molar-refractivity contribution in [1.29, 1.82) is 5.26 Å². The highest BCUT2D eigenvalue weighted by Crippen LogP contribution is 2.36. The van der Waals surface area contributed by atoms with Crippen LogP contribution in [-0.2, 0) is 11.3 Å². The molecule has 2 aromatic heterocycles. The van der Waals surface area contributed by atoms with Crippen LogP contribution in [-0.4, -0.2) is 71.6 Å². The van der Waals surface area contributed by atoms with E-state index >= 15 is 0 Å². The van der Waals surface area contributed by atoms with Gasteiger partial charge in [-0.25, -0.2) is 0 Å². The zero-order chi connectivity index (χ0) is 25.5. The average Bonchev–Trinajstić information content (AvgIpc) is 3.25. The molecule has 0 saturated carbocycles. The van der Waals surface area contributed by atoms with Gasteiger partial charge in [0, 0.05) is 69.6 Å². The molecule has 1 aliphatic rings. The van der Waals surface area contributed by atoms with Gasteiger partial charge >= 0.3 is 0 Å². The molecule has 2 aromatic carbocycles. The summed E-state index contributed by atoms with van der Waals surface area (Å²) in [6.45, 7) is 4.90. The molecule has 0 atom stereocenters. The van der Waals surface area contributed by atoms with Gasteiger partial charge in [0.2, 0.25) is 6.41 Å². The summed E-state index contributed by atoms with van der Waals surface area (Å²) < 4.78 is 0. The molecule has 2 N–H and O–H groups in total. The number of piperazine rings is 1. The van der Waals surface area contributed by atoms with Crippen molar-refractivity contribution in [1.82, 2.24) is 19.8 Å². The van der Waals surface area contributed by atoms with E-state index in [0.717, 1.165) is 55.6 Å². The molecule has 8 heteroatoms. The number of nitrogens with zero attached hydrogens (tertiary/aromatic N) is 5. The third-order valence-electron chi connectivity index (χ3n) is 6.10. The highest BCUT2D eigenvalue weighted by atomic mass is 16.3. The second kappa shape index (κ2) is 11.4. The van der Waals surface area contributed by atoms with Crippen LogP contribution < -0.4 is 4.90 Å². The second-order valence-electron chi connectivity index (χ2n) is 8.94. The van der Waals surface area contributed by atoms with Crippen LogP contribution in [0.2, 0.25) is 0 Å². The number of rotatable bonds is 5. The Morgan fingerprint density at radius 3 is 2.42 bits per heavy atom. The third kappa shape index (κ3) is 5.82. The summed E-state index contributed by atoms with van der Waals surface area (Å²) in [4.78, 5) is 23.3. The van der Waals surface area contributed by atoms with Gasteiger partial charge in [-0.3, -0.25) is 14.7 Å². The van der Waals surface area contributed by atoms with Crippen LogP contribution in [0.3, 0.4) is 0 Å². The number of benzene rings is 2. The molecule has 0 radical (unpaired) electrons. The minimum Gasteiger partial charge on any atom is -0.494 e. The predicted octanol–water partition coefficient (Wildman–Crippen LogP) is 3.83. The first kappa shape index (κ1) is 24.8. The van der Waals surface area contributed by atoms with E-state index in [1.54, 1.807) is 32.3 Å². The summed E-state index contributed by atoms with van der Waals surface area (Å²) in [6.07, 6.45) is 2.63. The maximum absolute atomic E-state index is 10.4. The summed E-state index contributed by atoms with van der Waals surface area (Å²) in [5, 5.41) is 20.4. The fourth-order valence-electron chi connectivity index (χ4n) is 4.23. The highest BCUT2D eigenvalue weighted by Gasteiger charge is 2.18. The summed E-state index contributed by atoms with van der Waals surface area (Å²) in [6, 6.07) is 22.0. The largest absolute Gasteiger partial charge is 0.494 e. The lowest BCUT2D eigenvalue weighted by Crippen LogP contribution is -2.45. The van der Waals surface area contributed by atoms with Crippen LogP contribution in [0.25, 0.3) is 22.2 Å². The van der Waals surface area contributed by atoms with Gasteiger partial charge in [0.15, 0.2) is 5.88 Å². The number of amides is 1. The van der Waals surface area contributed by atoms with Gasteiger partial charge < -0.3 is 19.9 Å². The molecule has 1 saturated heterocycles. The van der Waals surface area contributed by atoms with Crippen molar-refractivity contribution in [3.63, 3.8) is 0 Å². The van der Waals surface area contributed by atoms with Crippen molar-refractivity contribution in [3.8, 4) is 23.2 Å². The number of nitrogens with one attached hydrogen (secondary N) is 1. The van der Waals surface area contributed by atoms with Crippen molar-refractivity contribution in [2.24, 2.45) is 0 Å². The first-order valence-corrected chi connectivity index (χ1v) is 11.8. The summed E-state index contributed by atoms with van der Waals surface area (Å²) >= 11 is 0. The van der Waals surface area contributed by atoms with Gasteiger partial charge in [-0.15, -0.1) is 0 Å². The van der Waals surface area contributed by atoms with E-state index < -0.39 is 0 Å². The van der Waals surface area contributed by atoms with Gasteiger partial charge in [-0.05, 0) is 42.0 Å². The monoisotopic (exact) mass is 482 g/mol. The Bertz CT molecular complexity index is 1330. The van der Waals surface area contributed by atoms with E-state index in [4.69, 9.17) is 0 Å². The molecule has 0 unspecified atom stereocenters. The molecule has 184 valence electrons. The predicted molar refractivity (Wildman–Crippen MR) is 142 cm³/mol. The fraction of sp³-hybridized carbons (Fsp3) is 0.250. The smallest absolute Gasteiger partial charge is 0.209 e. The van der Waals surface area contributed by atoms with Crippen LogP contribution >= 0.6 is 0 Å². The van der Waals surface area contributed by atoms with Crippen molar-refractivity contribution in [3.05, 3.63) is 78.0 Å². The van der Waals surface area contributed by atoms with E-state index in [9.17, 15) is 15.2 Å². The Morgan fingerprint density at radius 2 is 1.81 bits per heavy atom. The molecule has 1 amide bonds. The zero-order valence-corrected chi connectivity index (χ0v) is 20.6. The first-order valence-electron chi connectivity index (χ1n) is 11.8. The molecular weight excluding hydrogens is 452 g/mol. The van der Waals surface area contributed by atoms with Crippen molar-refractivity contribution < 1.29 is 9.90 Å². The SMILES string of the molecule is CN(C)C=O.N#Cc1ccc2[nH]c(O)c(-c3ccc(CN4CCN(c5ccccc5)CC4)cn3)c2c1. The average molecular weight is 483 g/mol. The van der Waals surface area contributed by atoms with Crippen LogP contribution in [0.1, 0.15) is 11.1 Å². The lowest BCUT2D eigenvalue weighted by atomic mass is 10.1. The Labute approximate surface area is 211 Å². The van der Waals surface area contributed by atoms with Crippen LogP contribution in [0, 0.1) is 11.3 Å². The summed E-state index contributed by atoms with van der Waals surface area (Å²) in [5.41, 5.74) is 5.10. The van der Waals surface area contributed by atoms with Gasteiger partial charge in [0.25, 0.3) is 0 Å². The number of aromatic amines is 1. The van der Waals surface area contributed by atoms with Crippen molar-refractivity contribution >= 4 is 23.0 Å². The van der Waals surface area contributed by atoms with E-state index in [1.165, 1.54) is 10.6 Å². The number of anilines is 1. The number of H-pyrrole nitrogens is 1. The molecule has 0 bridgehead atoms. The number of hydrogen-bond acceptors (Lipinski definition) is 6. The first-order chi connectivity index (χ1) is 17.5. The minimum atomic E-state index is 0.0716. The molecule has 0 aliphatic carbocycles. The van der Waals surface area contributed by atoms with Gasteiger partial charge in [0.05, 0.1) is 22.9 Å². The van der Waals surface area contributed by atoms with Gasteiger partial charge in [-0.2, -0.15) is 5.26 Å². The van der Waals surface area contributed by atoms with E-state index in [-0.39, 0.29) is 5.88 Å². The van der Waals surface area contributed by atoms with E-state index in [0.29, 0.717) is 16.8 Å². The third-order valence-corrected chi connectivity index (χ3v) is 6.10. The molecule has 4 aromatic rings. The molecule has 5 rings (SSSR count). The highest BCUT2D eigenvalue weighted by molar-refractivity contribution is 5.98. The lowest BCUT2D eigenvalue weighted by molar-refractivity contribution is -0.115. The number of aromatic nitrogens is 2. The standard InChI is InChI=1S/C25H23N5O.C3H7NO/c26-15-18-6-8-22-21(14-18)24(25(31)28-22)23-9-7-19(16-27-23)17-29-10-12-30(13-11-29)20-4-2-1-3-5-20;1-4(2)3-5/h1-9,14,16,28,31H,10-13,17H2;3H,1-2H3. The summed E-state index contributed by atoms with van der Waals surface area (Å²) in [7, 11) is 3.38. The zero-order valence-electron chi connectivity index (χ0n) is 20.6. The molecule has 1 aliphatic heterocycles. The maximum atomic E-state index is 10.4. The topological polar surface area (TPSA) is 99.5 Å².